The van der Waals surface area contributed by atoms with Crippen LogP contribution in [0.25, 0.3) is 0 Å². The maximum absolute atomic E-state index is 10.4. The Morgan fingerprint density at radius 2 is 2.44 bits per heavy atom. The SMILES string of the molecule is CC(=O)CSC1COC1. The molecule has 0 aromatic carbocycles. The molecule has 1 aliphatic rings. The van der Waals surface area contributed by atoms with Gasteiger partial charge >= 0.3 is 0 Å². The number of carbonyl (C=O) groups excluding carboxylic acids is 1. The van der Waals surface area contributed by atoms with Crippen molar-refractivity contribution in [3.63, 3.8) is 0 Å². The maximum Gasteiger partial charge on any atom is 0.139 e. The van der Waals surface area contributed by atoms with Crippen LogP contribution in [0, 0.1) is 0 Å². The maximum atomic E-state index is 10.4. The van der Waals surface area contributed by atoms with E-state index in [1.54, 1.807) is 18.7 Å². The molecule has 9 heavy (non-hydrogen) atoms. The molecule has 0 unspecified atom stereocenters. The Morgan fingerprint density at radius 1 is 1.78 bits per heavy atom. The van der Waals surface area contributed by atoms with Gasteiger partial charge in [-0.05, 0) is 6.92 Å². The lowest BCUT2D eigenvalue weighted by molar-refractivity contribution is -0.114. The van der Waals surface area contributed by atoms with Crippen molar-refractivity contribution in [2.24, 2.45) is 0 Å². The number of hydrogen-bond acceptors (Lipinski definition) is 3. The van der Waals surface area contributed by atoms with E-state index in [-0.39, 0.29) is 5.78 Å². The molecule has 0 aromatic rings. The fourth-order valence-electron chi connectivity index (χ4n) is 0.546. The molecule has 0 atom stereocenters. The average molecular weight is 146 g/mol. The van der Waals surface area contributed by atoms with Crippen molar-refractivity contribution in [1.29, 1.82) is 0 Å². The van der Waals surface area contributed by atoms with E-state index in [2.05, 4.69) is 0 Å². The van der Waals surface area contributed by atoms with Gasteiger partial charge in [0, 0.05) is 0 Å². The standard InChI is InChI=1S/C6H10O2S/c1-5(7)4-9-6-2-8-3-6/h6H,2-4H2,1H3. The highest BCUT2D eigenvalue weighted by Crippen LogP contribution is 2.18. The molecule has 1 aliphatic heterocycles. The summed E-state index contributed by atoms with van der Waals surface area (Å²) in [6.45, 7) is 3.28. The van der Waals surface area contributed by atoms with Gasteiger partial charge in [0.1, 0.15) is 5.78 Å². The summed E-state index contributed by atoms with van der Waals surface area (Å²) in [7, 11) is 0. The minimum absolute atomic E-state index is 0.256. The molecular weight excluding hydrogens is 136 g/mol. The summed E-state index contributed by atoms with van der Waals surface area (Å²) < 4.78 is 4.94. The van der Waals surface area contributed by atoms with Crippen LogP contribution in [0.2, 0.25) is 0 Å². The minimum atomic E-state index is 0.256. The van der Waals surface area contributed by atoms with E-state index in [0.29, 0.717) is 11.0 Å². The summed E-state index contributed by atoms with van der Waals surface area (Å²) in [5.41, 5.74) is 0. The molecule has 0 amide bonds. The first-order chi connectivity index (χ1) is 4.29. The Morgan fingerprint density at radius 3 is 2.78 bits per heavy atom. The number of ketones is 1. The first-order valence-electron chi connectivity index (χ1n) is 2.98. The van der Waals surface area contributed by atoms with Crippen molar-refractivity contribution in [3.8, 4) is 0 Å². The summed E-state index contributed by atoms with van der Waals surface area (Å²) in [4.78, 5) is 10.4. The minimum Gasteiger partial charge on any atom is -0.379 e. The topological polar surface area (TPSA) is 26.3 Å². The molecule has 0 aromatic heterocycles. The molecule has 1 rings (SSSR count). The van der Waals surface area contributed by atoms with Crippen molar-refractivity contribution in [2.45, 2.75) is 12.2 Å². The summed E-state index contributed by atoms with van der Waals surface area (Å²) in [5, 5.41) is 0.592. The molecule has 52 valence electrons. The predicted octanol–water partition coefficient (Wildman–Crippen LogP) is 0.707. The molecule has 1 saturated heterocycles. The highest BCUT2D eigenvalue weighted by Gasteiger charge is 2.18. The van der Waals surface area contributed by atoms with Crippen LogP contribution in [0.4, 0.5) is 0 Å². The van der Waals surface area contributed by atoms with Crippen molar-refractivity contribution in [1.82, 2.24) is 0 Å². The Kier molecular flexibility index (Phi) is 2.54. The van der Waals surface area contributed by atoms with Crippen LogP contribution >= 0.6 is 11.8 Å². The van der Waals surface area contributed by atoms with Crippen molar-refractivity contribution in [2.75, 3.05) is 19.0 Å². The number of rotatable bonds is 3. The van der Waals surface area contributed by atoms with Gasteiger partial charge in [-0.15, -0.1) is 11.8 Å². The van der Waals surface area contributed by atoms with Crippen LogP contribution in [0.5, 0.6) is 0 Å². The quantitative estimate of drug-likeness (QED) is 0.586. The van der Waals surface area contributed by atoms with E-state index in [9.17, 15) is 4.79 Å². The van der Waals surface area contributed by atoms with Gasteiger partial charge < -0.3 is 4.74 Å². The lowest BCUT2D eigenvalue weighted by Crippen LogP contribution is -2.31. The van der Waals surface area contributed by atoms with E-state index in [4.69, 9.17) is 4.74 Å². The highest BCUT2D eigenvalue weighted by molar-refractivity contribution is 8.00. The van der Waals surface area contributed by atoms with Gasteiger partial charge in [-0.1, -0.05) is 0 Å². The number of carbonyl (C=O) groups is 1. The third-order valence-corrected chi connectivity index (χ3v) is 2.45. The summed E-state index contributed by atoms with van der Waals surface area (Å²) in [5.74, 6) is 0.903. The molecule has 2 nitrogen and oxygen atoms in total. The van der Waals surface area contributed by atoms with Gasteiger partial charge in [0.2, 0.25) is 0 Å². The Labute approximate surface area is 59.0 Å². The molecule has 0 bridgehead atoms. The second kappa shape index (κ2) is 3.22. The molecular formula is C6H10O2S. The van der Waals surface area contributed by atoms with E-state index >= 15 is 0 Å². The van der Waals surface area contributed by atoms with Crippen LogP contribution in [0.3, 0.4) is 0 Å². The van der Waals surface area contributed by atoms with E-state index in [1.807, 2.05) is 0 Å². The molecule has 0 radical (unpaired) electrons. The zero-order valence-corrected chi connectivity index (χ0v) is 6.24. The van der Waals surface area contributed by atoms with Crippen LogP contribution in [-0.4, -0.2) is 30.0 Å². The summed E-state index contributed by atoms with van der Waals surface area (Å²) >= 11 is 1.70. The van der Waals surface area contributed by atoms with Gasteiger partial charge in [0.25, 0.3) is 0 Å². The zero-order chi connectivity index (χ0) is 6.69. The second-order valence-corrected chi connectivity index (χ2v) is 3.46. The molecule has 1 fully saturated rings. The fourth-order valence-corrected chi connectivity index (χ4v) is 1.40. The lowest BCUT2D eigenvalue weighted by atomic mass is 10.4. The number of ether oxygens (including phenoxy) is 1. The van der Waals surface area contributed by atoms with E-state index in [0.717, 1.165) is 13.2 Å². The monoisotopic (exact) mass is 146 g/mol. The first-order valence-corrected chi connectivity index (χ1v) is 4.02. The van der Waals surface area contributed by atoms with Crippen molar-refractivity contribution < 1.29 is 9.53 Å². The average Bonchev–Trinajstić information content (AvgIpc) is 1.60. The van der Waals surface area contributed by atoms with Crippen LogP contribution < -0.4 is 0 Å². The third-order valence-electron chi connectivity index (χ3n) is 1.13. The normalized spacial score (nSPS) is 19.2. The van der Waals surface area contributed by atoms with Gasteiger partial charge in [0.15, 0.2) is 0 Å². The third kappa shape index (κ3) is 2.37. The van der Waals surface area contributed by atoms with Gasteiger partial charge in [0.05, 0.1) is 24.2 Å². The van der Waals surface area contributed by atoms with Gasteiger partial charge in [-0.25, -0.2) is 0 Å². The molecule has 1 heterocycles. The first kappa shape index (κ1) is 7.09. The summed E-state index contributed by atoms with van der Waals surface area (Å²) in [6.07, 6.45) is 0. The Balaban J connectivity index is 1.97. The smallest absolute Gasteiger partial charge is 0.139 e. The van der Waals surface area contributed by atoms with Crippen LogP contribution in [-0.2, 0) is 9.53 Å². The molecule has 0 saturated carbocycles. The largest absolute Gasteiger partial charge is 0.379 e. The number of hydrogen-bond donors (Lipinski definition) is 0. The Hall–Kier alpha value is -0.0200. The lowest BCUT2D eigenvalue weighted by Gasteiger charge is -2.24. The zero-order valence-electron chi connectivity index (χ0n) is 5.42. The van der Waals surface area contributed by atoms with E-state index in [1.165, 1.54) is 0 Å². The number of Topliss-reactive ketones (excluding diaryl/α,β-unsaturated/α-hetero) is 1. The predicted molar refractivity (Wildman–Crippen MR) is 37.7 cm³/mol. The van der Waals surface area contributed by atoms with E-state index < -0.39 is 0 Å². The van der Waals surface area contributed by atoms with Crippen molar-refractivity contribution >= 4 is 17.5 Å². The Bertz CT molecular complexity index is 110. The van der Waals surface area contributed by atoms with Crippen LogP contribution in [0.15, 0.2) is 0 Å². The fraction of sp³-hybridized carbons (Fsp3) is 0.833. The number of thioether (sulfide) groups is 1. The van der Waals surface area contributed by atoms with Crippen molar-refractivity contribution in [3.05, 3.63) is 0 Å². The highest BCUT2D eigenvalue weighted by atomic mass is 32.2. The molecule has 0 spiro atoms. The second-order valence-electron chi connectivity index (χ2n) is 2.17. The van der Waals surface area contributed by atoms with Crippen LogP contribution in [0.1, 0.15) is 6.92 Å². The van der Waals surface area contributed by atoms with Gasteiger partial charge in [-0.2, -0.15) is 0 Å². The molecule has 0 aliphatic carbocycles. The summed E-state index contributed by atoms with van der Waals surface area (Å²) in [6, 6.07) is 0. The van der Waals surface area contributed by atoms with Gasteiger partial charge in [-0.3, -0.25) is 4.79 Å². The molecule has 0 N–H and O–H groups in total. The molecule has 3 heteroatoms.